The van der Waals surface area contributed by atoms with Crippen molar-refractivity contribution in [2.24, 2.45) is 0 Å². The minimum Gasteiger partial charge on any atom is -0.494 e. The van der Waals surface area contributed by atoms with Crippen LogP contribution in [-0.2, 0) is 4.74 Å². The molecule has 3 nitrogen and oxygen atoms in total. The van der Waals surface area contributed by atoms with Gasteiger partial charge in [0.25, 0.3) is 0 Å². The molecule has 1 fully saturated rings. The lowest BCUT2D eigenvalue weighted by atomic mass is 10.1. The highest BCUT2D eigenvalue weighted by atomic mass is 16.5. The lowest BCUT2D eigenvalue weighted by Gasteiger charge is -2.16. The van der Waals surface area contributed by atoms with Gasteiger partial charge in [0.2, 0.25) is 0 Å². The number of rotatable bonds is 6. The Kier molecular flexibility index (Phi) is 5.02. The molecular weight excluding hydrogens is 228 g/mol. The van der Waals surface area contributed by atoms with Crippen LogP contribution in [0.1, 0.15) is 44.3 Å². The lowest BCUT2D eigenvalue weighted by molar-refractivity contribution is -0.00700. The molecule has 0 aromatic heterocycles. The van der Waals surface area contributed by atoms with Crippen molar-refractivity contribution in [3.63, 3.8) is 0 Å². The summed E-state index contributed by atoms with van der Waals surface area (Å²) in [4.78, 5) is 0. The van der Waals surface area contributed by atoms with E-state index in [1.165, 1.54) is 12.8 Å². The van der Waals surface area contributed by atoms with E-state index in [2.05, 4.69) is 0 Å². The second-order valence-electron chi connectivity index (χ2n) is 4.76. The van der Waals surface area contributed by atoms with Crippen molar-refractivity contribution in [1.29, 1.82) is 0 Å². The Morgan fingerprint density at radius 1 is 1.22 bits per heavy atom. The van der Waals surface area contributed by atoms with Gasteiger partial charge in [-0.05, 0) is 37.5 Å². The van der Waals surface area contributed by atoms with Gasteiger partial charge in [0.15, 0.2) is 0 Å². The zero-order valence-electron chi connectivity index (χ0n) is 11.0. The van der Waals surface area contributed by atoms with Crippen LogP contribution in [0.2, 0.25) is 0 Å². The first kappa shape index (κ1) is 13.4. The van der Waals surface area contributed by atoms with E-state index in [0.29, 0.717) is 19.3 Å². The van der Waals surface area contributed by atoms with E-state index in [9.17, 15) is 5.11 Å². The standard InChI is InChI=1S/C15H22O3/c1-2-17-14-9-7-12(8-10-14)15(16)11-18-13-5-3-4-6-13/h7-10,13,15-16H,2-6,11H2,1H3. The highest BCUT2D eigenvalue weighted by Crippen LogP contribution is 2.23. The van der Waals surface area contributed by atoms with Gasteiger partial charge in [0, 0.05) is 0 Å². The van der Waals surface area contributed by atoms with Crippen LogP contribution in [-0.4, -0.2) is 24.4 Å². The van der Waals surface area contributed by atoms with E-state index in [-0.39, 0.29) is 0 Å². The Morgan fingerprint density at radius 2 is 1.89 bits per heavy atom. The van der Waals surface area contributed by atoms with E-state index < -0.39 is 6.10 Å². The van der Waals surface area contributed by atoms with Crippen molar-refractivity contribution < 1.29 is 14.6 Å². The Hall–Kier alpha value is -1.06. The summed E-state index contributed by atoms with van der Waals surface area (Å²) in [7, 11) is 0. The summed E-state index contributed by atoms with van der Waals surface area (Å²) in [5, 5.41) is 10.0. The summed E-state index contributed by atoms with van der Waals surface area (Å²) >= 11 is 0. The topological polar surface area (TPSA) is 38.7 Å². The molecule has 0 spiro atoms. The van der Waals surface area contributed by atoms with E-state index >= 15 is 0 Å². The predicted octanol–water partition coefficient (Wildman–Crippen LogP) is 3.08. The SMILES string of the molecule is CCOc1ccc(C(O)COC2CCCC2)cc1. The number of hydrogen-bond acceptors (Lipinski definition) is 3. The van der Waals surface area contributed by atoms with Crippen molar-refractivity contribution in [2.75, 3.05) is 13.2 Å². The molecule has 1 aliphatic carbocycles. The van der Waals surface area contributed by atoms with Gasteiger partial charge < -0.3 is 14.6 Å². The van der Waals surface area contributed by atoms with Gasteiger partial charge in [0.1, 0.15) is 11.9 Å². The smallest absolute Gasteiger partial charge is 0.119 e. The molecule has 0 radical (unpaired) electrons. The molecule has 1 unspecified atom stereocenters. The molecule has 2 rings (SSSR count). The van der Waals surface area contributed by atoms with Gasteiger partial charge in [-0.1, -0.05) is 25.0 Å². The maximum Gasteiger partial charge on any atom is 0.119 e. The molecule has 100 valence electrons. The van der Waals surface area contributed by atoms with Gasteiger partial charge in [-0.2, -0.15) is 0 Å². The van der Waals surface area contributed by atoms with Crippen LogP contribution in [0.15, 0.2) is 24.3 Å². The predicted molar refractivity (Wildman–Crippen MR) is 70.8 cm³/mol. The highest BCUT2D eigenvalue weighted by Gasteiger charge is 2.17. The first-order valence-corrected chi connectivity index (χ1v) is 6.82. The third-order valence-electron chi connectivity index (χ3n) is 3.37. The highest BCUT2D eigenvalue weighted by molar-refractivity contribution is 5.28. The minimum atomic E-state index is -0.540. The van der Waals surface area contributed by atoms with E-state index in [1.54, 1.807) is 0 Å². The lowest BCUT2D eigenvalue weighted by Crippen LogP contribution is -2.14. The molecule has 1 aromatic rings. The van der Waals surface area contributed by atoms with Crippen molar-refractivity contribution in [2.45, 2.75) is 44.8 Å². The summed E-state index contributed by atoms with van der Waals surface area (Å²) in [6.45, 7) is 3.00. The average molecular weight is 250 g/mol. The normalized spacial score (nSPS) is 17.9. The van der Waals surface area contributed by atoms with Crippen molar-refractivity contribution in [1.82, 2.24) is 0 Å². The Balaban J connectivity index is 1.81. The molecular formula is C15H22O3. The Bertz CT molecular complexity index is 341. The van der Waals surface area contributed by atoms with E-state index in [4.69, 9.17) is 9.47 Å². The summed E-state index contributed by atoms with van der Waals surface area (Å²) in [6.07, 6.45) is 4.59. The molecule has 18 heavy (non-hydrogen) atoms. The summed E-state index contributed by atoms with van der Waals surface area (Å²) < 4.78 is 11.1. The molecule has 1 atom stereocenters. The van der Waals surface area contributed by atoms with Crippen LogP contribution in [0.25, 0.3) is 0 Å². The maximum atomic E-state index is 10.0. The molecule has 1 N–H and O–H groups in total. The van der Waals surface area contributed by atoms with Crippen LogP contribution in [0.3, 0.4) is 0 Å². The fourth-order valence-corrected chi connectivity index (χ4v) is 2.33. The third kappa shape index (κ3) is 3.72. The van der Waals surface area contributed by atoms with Crippen LogP contribution >= 0.6 is 0 Å². The molecule has 1 saturated carbocycles. The minimum absolute atomic E-state index is 0.349. The van der Waals surface area contributed by atoms with Crippen LogP contribution in [0.4, 0.5) is 0 Å². The van der Waals surface area contributed by atoms with Crippen molar-refractivity contribution in [3.05, 3.63) is 29.8 Å². The first-order valence-electron chi connectivity index (χ1n) is 6.82. The fraction of sp³-hybridized carbons (Fsp3) is 0.600. The largest absolute Gasteiger partial charge is 0.494 e. The molecule has 1 aromatic carbocycles. The summed E-state index contributed by atoms with van der Waals surface area (Å²) in [5.74, 6) is 0.838. The summed E-state index contributed by atoms with van der Waals surface area (Å²) in [5.41, 5.74) is 0.886. The fourth-order valence-electron chi connectivity index (χ4n) is 2.33. The molecule has 1 aliphatic rings. The molecule has 0 heterocycles. The quantitative estimate of drug-likeness (QED) is 0.843. The van der Waals surface area contributed by atoms with Gasteiger partial charge in [-0.25, -0.2) is 0 Å². The first-order chi connectivity index (χ1) is 8.79. The number of ether oxygens (including phenoxy) is 2. The zero-order valence-corrected chi connectivity index (χ0v) is 11.0. The Morgan fingerprint density at radius 3 is 2.50 bits per heavy atom. The van der Waals surface area contributed by atoms with Crippen LogP contribution in [0.5, 0.6) is 5.75 Å². The molecule has 0 aliphatic heterocycles. The van der Waals surface area contributed by atoms with Gasteiger partial charge in [-0.15, -0.1) is 0 Å². The summed E-state index contributed by atoms with van der Waals surface area (Å²) in [6, 6.07) is 7.57. The second kappa shape index (κ2) is 6.76. The number of hydrogen-bond donors (Lipinski definition) is 1. The monoisotopic (exact) mass is 250 g/mol. The van der Waals surface area contributed by atoms with Crippen molar-refractivity contribution in [3.8, 4) is 5.75 Å². The molecule has 0 bridgehead atoms. The number of aliphatic hydroxyl groups is 1. The molecule has 0 saturated heterocycles. The molecule has 3 heteroatoms. The van der Waals surface area contributed by atoms with Crippen molar-refractivity contribution >= 4 is 0 Å². The van der Waals surface area contributed by atoms with Crippen LogP contribution in [0, 0.1) is 0 Å². The van der Waals surface area contributed by atoms with Crippen LogP contribution < -0.4 is 4.74 Å². The van der Waals surface area contributed by atoms with Gasteiger partial charge >= 0.3 is 0 Å². The average Bonchev–Trinajstić information content (AvgIpc) is 2.90. The third-order valence-corrected chi connectivity index (χ3v) is 3.37. The Labute approximate surface area is 109 Å². The van der Waals surface area contributed by atoms with Gasteiger partial charge in [-0.3, -0.25) is 0 Å². The zero-order chi connectivity index (χ0) is 12.8. The van der Waals surface area contributed by atoms with Gasteiger partial charge in [0.05, 0.1) is 19.3 Å². The maximum absolute atomic E-state index is 10.0. The number of aliphatic hydroxyl groups excluding tert-OH is 1. The van der Waals surface area contributed by atoms with E-state index in [0.717, 1.165) is 24.2 Å². The molecule has 0 amide bonds. The number of benzene rings is 1. The second-order valence-corrected chi connectivity index (χ2v) is 4.76. The van der Waals surface area contributed by atoms with E-state index in [1.807, 2.05) is 31.2 Å².